The molecule has 0 radical (unpaired) electrons. The Hall–Kier alpha value is -3.42. The van der Waals surface area contributed by atoms with Crippen molar-refractivity contribution in [1.29, 1.82) is 0 Å². The minimum absolute atomic E-state index is 0.144. The van der Waals surface area contributed by atoms with Crippen molar-refractivity contribution in [2.45, 2.75) is 33.9 Å². The van der Waals surface area contributed by atoms with Crippen molar-refractivity contribution in [1.82, 2.24) is 20.6 Å². The van der Waals surface area contributed by atoms with Gasteiger partial charge < -0.3 is 19.8 Å². The van der Waals surface area contributed by atoms with Crippen LogP contribution in [0.5, 0.6) is 11.5 Å². The predicted molar refractivity (Wildman–Crippen MR) is 108 cm³/mol. The molecule has 7 nitrogen and oxygen atoms in total. The Morgan fingerprint density at radius 2 is 2.10 bits per heavy atom. The van der Waals surface area contributed by atoms with Crippen LogP contribution in [0.15, 0.2) is 52.1 Å². The zero-order valence-corrected chi connectivity index (χ0v) is 16.7. The first-order valence-electron chi connectivity index (χ1n) is 9.36. The first-order chi connectivity index (χ1) is 14.0. The fourth-order valence-electron chi connectivity index (χ4n) is 2.55. The third kappa shape index (κ3) is 5.78. The van der Waals surface area contributed by atoms with E-state index in [2.05, 4.69) is 25.6 Å². The summed E-state index contributed by atoms with van der Waals surface area (Å²) >= 11 is 0. The summed E-state index contributed by atoms with van der Waals surface area (Å²) < 4.78 is 25.4. The lowest BCUT2D eigenvalue weighted by molar-refractivity contribution is 0.440. The van der Waals surface area contributed by atoms with Gasteiger partial charge in [0.2, 0.25) is 5.89 Å². The number of hydrogen-bond acceptors (Lipinski definition) is 5. The summed E-state index contributed by atoms with van der Waals surface area (Å²) in [4.78, 5) is 12.8. The third-order valence-electron chi connectivity index (χ3n) is 4.10. The van der Waals surface area contributed by atoms with Crippen molar-refractivity contribution >= 4 is 5.96 Å². The molecule has 0 fully saturated rings. The molecule has 0 saturated heterocycles. The van der Waals surface area contributed by atoms with Crippen LogP contribution in [0.25, 0.3) is 0 Å². The van der Waals surface area contributed by atoms with Crippen molar-refractivity contribution in [2.24, 2.45) is 4.99 Å². The molecule has 152 valence electrons. The molecule has 2 aromatic heterocycles. The highest BCUT2D eigenvalue weighted by atomic mass is 19.1. The third-order valence-corrected chi connectivity index (χ3v) is 4.10. The zero-order valence-electron chi connectivity index (χ0n) is 16.7. The van der Waals surface area contributed by atoms with Crippen molar-refractivity contribution in [3.63, 3.8) is 0 Å². The molecule has 2 N–H and O–H groups in total. The summed E-state index contributed by atoms with van der Waals surface area (Å²) in [5.41, 5.74) is 1.59. The molecule has 0 aliphatic rings. The Labute approximate surface area is 169 Å². The standard InChI is InChI=1S/C21H24FN5O2/c1-4-24-21(26-13-20-27-14(2)15(3)28-20)25-11-16-7-8-19(18(22)10-16)29-17-6-5-9-23-12-17/h5-10,12H,4,11,13H2,1-3H3,(H2,24,25,26). The van der Waals surface area contributed by atoms with Crippen molar-refractivity contribution in [2.75, 3.05) is 6.54 Å². The van der Waals surface area contributed by atoms with E-state index in [9.17, 15) is 4.39 Å². The van der Waals surface area contributed by atoms with Crippen molar-refractivity contribution < 1.29 is 13.5 Å². The van der Waals surface area contributed by atoms with Gasteiger partial charge in [-0.25, -0.2) is 14.4 Å². The number of halogens is 1. The smallest absolute Gasteiger partial charge is 0.214 e. The maximum atomic E-state index is 14.4. The molecule has 3 aromatic rings. The van der Waals surface area contributed by atoms with Crippen LogP contribution in [-0.2, 0) is 13.1 Å². The van der Waals surface area contributed by atoms with Crippen LogP contribution in [0.3, 0.4) is 0 Å². The first kappa shape index (κ1) is 20.3. The van der Waals surface area contributed by atoms with E-state index in [1.807, 2.05) is 20.8 Å². The zero-order chi connectivity index (χ0) is 20.6. The van der Waals surface area contributed by atoms with Crippen molar-refractivity contribution in [3.8, 4) is 11.5 Å². The van der Waals surface area contributed by atoms with Crippen LogP contribution in [0.4, 0.5) is 4.39 Å². The Balaban J connectivity index is 1.63. The van der Waals surface area contributed by atoms with Gasteiger partial charge in [0.1, 0.15) is 11.5 Å². The van der Waals surface area contributed by atoms with Crippen molar-refractivity contribution in [3.05, 3.63) is 71.5 Å². The molecule has 2 heterocycles. The van der Waals surface area contributed by atoms with Gasteiger partial charge in [0, 0.05) is 12.7 Å². The van der Waals surface area contributed by atoms with Gasteiger partial charge in [-0.15, -0.1) is 0 Å². The summed E-state index contributed by atoms with van der Waals surface area (Å²) in [6, 6.07) is 8.23. The van der Waals surface area contributed by atoms with Gasteiger partial charge in [-0.2, -0.15) is 0 Å². The van der Waals surface area contributed by atoms with Crippen LogP contribution >= 0.6 is 0 Å². The van der Waals surface area contributed by atoms with Crippen LogP contribution in [0.2, 0.25) is 0 Å². The van der Waals surface area contributed by atoms with E-state index < -0.39 is 5.82 Å². The van der Waals surface area contributed by atoms with E-state index >= 15 is 0 Å². The van der Waals surface area contributed by atoms with Crippen LogP contribution < -0.4 is 15.4 Å². The molecule has 0 amide bonds. The number of ether oxygens (including phenoxy) is 1. The number of benzene rings is 1. The predicted octanol–water partition coefficient (Wildman–Crippen LogP) is 3.87. The Morgan fingerprint density at radius 3 is 2.76 bits per heavy atom. The maximum Gasteiger partial charge on any atom is 0.214 e. The molecular formula is C21H24FN5O2. The number of nitrogens with one attached hydrogen (secondary N) is 2. The summed E-state index contributed by atoms with van der Waals surface area (Å²) in [6.07, 6.45) is 3.16. The molecule has 29 heavy (non-hydrogen) atoms. The van der Waals surface area contributed by atoms with E-state index in [0.717, 1.165) is 17.0 Å². The second kappa shape index (κ2) is 9.68. The van der Waals surface area contributed by atoms with E-state index in [1.54, 1.807) is 30.5 Å². The summed E-state index contributed by atoms with van der Waals surface area (Å²) in [5.74, 6) is 2.15. The molecule has 0 bridgehead atoms. The van der Waals surface area contributed by atoms with Gasteiger partial charge in [-0.3, -0.25) is 4.98 Å². The Kier molecular flexibility index (Phi) is 6.78. The molecular weight excluding hydrogens is 373 g/mol. The van der Waals surface area contributed by atoms with E-state index in [0.29, 0.717) is 37.2 Å². The van der Waals surface area contributed by atoms with E-state index in [4.69, 9.17) is 9.15 Å². The molecule has 0 spiro atoms. The van der Waals surface area contributed by atoms with Gasteiger partial charge in [0.15, 0.2) is 17.5 Å². The summed E-state index contributed by atoms with van der Waals surface area (Å²) in [7, 11) is 0. The fraction of sp³-hybridized carbons (Fsp3) is 0.286. The monoisotopic (exact) mass is 397 g/mol. The quantitative estimate of drug-likeness (QED) is 0.465. The maximum absolute atomic E-state index is 14.4. The minimum atomic E-state index is -0.453. The number of pyridine rings is 1. The molecule has 0 atom stereocenters. The van der Waals surface area contributed by atoms with Gasteiger partial charge in [0.25, 0.3) is 0 Å². The number of oxazole rings is 1. The number of aryl methyl sites for hydroxylation is 2. The Morgan fingerprint density at radius 1 is 1.24 bits per heavy atom. The summed E-state index contributed by atoms with van der Waals surface area (Å²) in [6.45, 7) is 7.16. The lowest BCUT2D eigenvalue weighted by Gasteiger charge is -2.10. The number of nitrogens with zero attached hydrogens (tertiary/aromatic N) is 3. The van der Waals surface area contributed by atoms with Crippen LogP contribution in [-0.4, -0.2) is 22.5 Å². The molecule has 0 aliphatic heterocycles. The van der Waals surface area contributed by atoms with Gasteiger partial charge in [0.05, 0.1) is 25.0 Å². The Bertz CT molecular complexity index is 953. The fourth-order valence-corrected chi connectivity index (χ4v) is 2.55. The average molecular weight is 397 g/mol. The molecule has 0 saturated carbocycles. The highest BCUT2D eigenvalue weighted by molar-refractivity contribution is 5.79. The lowest BCUT2D eigenvalue weighted by atomic mass is 10.2. The van der Waals surface area contributed by atoms with Crippen LogP contribution in [0, 0.1) is 19.7 Å². The van der Waals surface area contributed by atoms with E-state index in [1.165, 1.54) is 12.3 Å². The number of rotatable bonds is 7. The van der Waals surface area contributed by atoms with E-state index in [-0.39, 0.29) is 5.75 Å². The first-order valence-corrected chi connectivity index (χ1v) is 9.36. The molecule has 0 aliphatic carbocycles. The average Bonchev–Trinajstić information content (AvgIpc) is 3.04. The van der Waals surface area contributed by atoms with Crippen LogP contribution in [0.1, 0.15) is 29.8 Å². The summed E-state index contributed by atoms with van der Waals surface area (Å²) in [5, 5.41) is 6.31. The number of aromatic nitrogens is 2. The number of hydrogen-bond donors (Lipinski definition) is 2. The number of aliphatic imine (C=N–C) groups is 1. The number of guanidine groups is 1. The highest BCUT2D eigenvalue weighted by Gasteiger charge is 2.08. The second-order valence-electron chi connectivity index (χ2n) is 6.35. The van der Waals surface area contributed by atoms with Gasteiger partial charge >= 0.3 is 0 Å². The highest BCUT2D eigenvalue weighted by Crippen LogP contribution is 2.24. The SMILES string of the molecule is CCNC(=NCc1ccc(Oc2cccnc2)c(F)c1)NCc1nc(C)c(C)o1. The minimum Gasteiger partial charge on any atom is -0.453 e. The lowest BCUT2D eigenvalue weighted by Crippen LogP contribution is -2.36. The van der Waals surface area contributed by atoms with Gasteiger partial charge in [-0.05, 0) is 50.6 Å². The largest absolute Gasteiger partial charge is 0.453 e. The molecule has 3 rings (SSSR count). The topological polar surface area (TPSA) is 84.6 Å². The molecule has 0 unspecified atom stereocenters. The molecule has 8 heteroatoms. The second-order valence-corrected chi connectivity index (χ2v) is 6.35. The normalized spacial score (nSPS) is 11.4. The molecule has 1 aromatic carbocycles. The van der Waals surface area contributed by atoms with Gasteiger partial charge in [-0.1, -0.05) is 6.07 Å².